The predicted octanol–water partition coefficient (Wildman–Crippen LogP) is 0.500. The molecule has 0 radical (unpaired) electrons. The number of likely N-dealkylation sites (tertiary alicyclic amines) is 1. The second-order valence-corrected chi connectivity index (χ2v) is 6.34. The Hall–Kier alpha value is -1.70. The molecule has 0 saturated carbocycles. The van der Waals surface area contributed by atoms with Gasteiger partial charge in [0.1, 0.15) is 5.82 Å². The number of aliphatic hydroxyl groups excluding tert-OH is 2. The molecule has 1 aliphatic heterocycles. The van der Waals surface area contributed by atoms with Gasteiger partial charge in [0.2, 0.25) is 0 Å². The summed E-state index contributed by atoms with van der Waals surface area (Å²) >= 11 is 0. The summed E-state index contributed by atoms with van der Waals surface area (Å²) in [4.78, 5) is 16.0. The summed E-state index contributed by atoms with van der Waals surface area (Å²) in [7, 11) is 1.91. The van der Waals surface area contributed by atoms with E-state index in [-0.39, 0.29) is 43.4 Å². The molecule has 1 saturated heterocycles. The summed E-state index contributed by atoms with van der Waals surface area (Å²) < 4.78 is 13.6. The Kier molecular flexibility index (Phi) is 6.96. The number of rotatable bonds is 7. The zero-order chi connectivity index (χ0) is 17.5. The summed E-state index contributed by atoms with van der Waals surface area (Å²) in [5, 5.41) is 21.3. The summed E-state index contributed by atoms with van der Waals surface area (Å²) in [5.74, 6) is -0.160. The van der Waals surface area contributed by atoms with Crippen LogP contribution < -0.4 is 5.32 Å². The minimum Gasteiger partial charge on any atom is -0.396 e. The fraction of sp³-hybridized carbons (Fsp3) is 0.588. The lowest BCUT2D eigenvalue weighted by Gasteiger charge is -2.23. The molecule has 24 heavy (non-hydrogen) atoms. The Bertz CT molecular complexity index is 544. The van der Waals surface area contributed by atoms with Gasteiger partial charge in [0.05, 0.1) is 6.61 Å². The highest BCUT2D eigenvalue weighted by Gasteiger charge is 2.35. The summed E-state index contributed by atoms with van der Waals surface area (Å²) in [5.41, 5.74) is 0.447. The van der Waals surface area contributed by atoms with E-state index in [1.807, 2.05) is 11.9 Å². The second-order valence-electron chi connectivity index (χ2n) is 6.34. The van der Waals surface area contributed by atoms with Crippen LogP contribution in [-0.2, 0) is 6.54 Å². The van der Waals surface area contributed by atoms with E-state index in [0.717, 1.165) is 0 Å². The Morgan fingerprint density at radius 2 is 2.04 bits per heavy atom. The minimum atomic E-state index is -0.337. The first kappa shape index (κ1) is 18.6. The van der Waals surface area contributed by atoms with Crippen molar-refractivity contribution in [2.45, 2.75) is 6.54 Å². The number of benzene rings is 1. The average Bonchev–Trinajstić information content (AvgIpc) is 2.97. The molecule has 134 valence electrons. The molecule has 6 nitrogen and oxygen atoms in total. The Labute approximate surface area is 141 Å². The molecule has 1 aliphatic rings. The van der Waals surface area contributed by atoms with Crippen LogP contribution in [0.1, 0.15) is 5.56 Å². The van der Waals surface area contributed by atoms with Crippen LogP contribution in [0.4, 0.5) is 9.18 Å². The highest BCUT2D eigenvalue weighted by atomic mass is 19.1. The molecule has 1 heterocycles. The van der Waals surface area contributed by atoms with E-state index in [9.17, 15) is 14.3 Å². The molecule has 2 unspecified atom stereocenters. The first-order chi connectivity index (χ1) is 11.5. The van der Waals surface area contributed by atoms with E-state index in [1.165, 1.54) is 6.07 Å². The summed E-state index contributed by atoms with van der Waals surface area (Å²) in [6.07, 6.45) is 0. The SMILES string of the molecule is CN(CCO)CC1CN(C(=O)NCc2ccccc2F)CC1CO. The maximum Gasteiger partial charge on any atom is 0.317 e. The minimum absolute atomic E-state index is 0.0188. The molecule has 1 fully saturated rings. The lowest BCUT2D eigenvalue weighted by Crippen LogP contribution is -2.39. The van der Waals surface area contributed by atoms with Gasteiger partial charge < -0.3 is 25.3 Å². The van der Waals surface area contributed by atoms with Gasteiger partial charge >= 0.3 is 6.03 Å². The zero-order valence-electron chi connectivity index (χ0n) is 14.0. The van der Waals surface area contributed by atoms with Crippen molar-refractivity contribution in [2.75, 3.05) is 46.4 Å². The van der Waals surface area contributed by atoms with Gasteiger partial charge in [0.15, 0.2) is 0 Å². The maximum absolute atomic E-state index is 13.6. The van der Waals surface area contributed by atoms with Crippen molar-refractivity contribution in [1.29, 1.82) is 0 Å². The van der Waals surface area contributed by atoms with E-state index in [2.05, 4.69) is 5.32 Å². The Balaban J connectivity index is 1.87. The van der Waals surface area contributed by atoms with Crippen LogP contribution in [0.5, 0.6) is 0 Å². The zero-order valence-corrected chi connectivity index (χ0v) is 14.0. The van der Waals surface area contributed by atoms with Gasteiger partial charge in [-0.3, -0.25) is 0 Å². The average molecular weight is 339 g/mol. The molecule has 1 aromatic rings. The maximum atomic E-state index is 13.6. The number of hydrogen-bond donors (Lipinski definition) is 3. The van der Waals surface area contributed by atoms with Gasteiger partial charge in [-0.05, 0) is 19.0 Å². The molecular formula is C17H26FN3O3. The molecule has 0 bridgehead atoms. The molecule has 0 aliphatic carbocycles. The third-order valence-corrected chi connectivity index (χ3v) is 4.51. The molecular weight excluding hydrogens is 313 g/mol. The van der Waals surface area contributed by atoms with Crippen LogP contribution in [0.2, 0.25) is 0 Å². The number of urea groups is 1. The van der Waals surface area contributed by atoms with Crippen molar-refractivity contribution in [1.82, 2.24) is 15.1 Å². The van der Waals surface area contributed by atoms with E-state index in [1.54, 1.807) is 23.1 Å². The number of carbonyl (C=O) groups is 1. The van der Waals surface area contributed by atoms with Crippen LogP contribution in [0.3, 0.4) is 0 Å². The van der Waals surface area contributed by atoms with Crippen molar-refractivity contribution in [2.24, 2.45) is 11.8 Å². The largest absolute Gasteiger partial charge is 0.396 e. The fourth-order valence-corrected chi connectivity index (χ4v) is 3.10. The lowest BCUT2D eigenvalue weighted by atomic mass is 9.96. The second kappa shape index (κ2) is 8.96. The Morgan fingerprint density at radius 3 is 2.71 bits per heavy atom. The van der Waals surface area contributed by atoms with Crippen LogP contribution in [0, 0.1) is 17.7 Å². The van der Waals surface area contributed by atoms with Gasteiger partial charge in [-0.25, -0.2) is 9.18 Å². The van der Waals surface area contributed by atoms with E-state index < -0.39 is 0 Å². The van der Waals surface area contributed by atoms with Gasteiger partial charge in [-0.2, -0.15) is 0 Å². The molecule has 0 spiro atoms. The van der Waals surface area contributed by atoms with Crippen LogP contribution in [0.15, 0.2) is 24.3 Å². The number of nitrogens with one attached hydrogen (secondary N) is 1. The molecule has 2 amide bonds. The lowest BCUT2D eigenvalue weighted by molar-refractivity contribution is 0.160. The summed E-state index contributed by atoms with van der Waals surface area (Å²) in [6.45, 7) is 2.55. The third-order valence-electron chi connectivity index (χ3n) is 4.51. The van der Waals surface area contributed by atoms with Crippen LogP contribution in [0.25, 0.3) is 0 Å². The Morgan fingerprint density at radius 1 is 1.33 bits per heavy atom. The number of amides is 2. The van der Waals surface area contributed by atoms with Crippen molar-refractivity contribution >= 4 is 6.03 Å². The van der Waals surface area contributed by atoms with Crippen molar-refractivity contribution < 1.29 is 19.4 Å². The van der Waals surface area contributed by atoms with Crippen molar-refractivity contribution in [3.05, 3.63) is 35.6 Å². The smallest absolute Gasteiger partial charge is 0.317 e. The molecule has 1 aromatic carbocycles. The number of nitrogens with zero attached hydrogens (tertiary/aromatic N) is 2. The number of halogens is 1. The third kappa shape index (κ3) is 4.90. The van der Waals surface area contributed by atoms with Gasteiger partial charge in [0, 0.05) is 50.8 Å². The highest BCUT2D eigenvalue weighted by molar-refractivity contribution is 5.74. The molecule has 0 aromatic heterocycles. The predicted molar refractivity (Wildman–Crippen MR) is 88.9 cm³/mol. The van der Waals surface area contributed by atoms with Crippen LogP contribution >= 0.6 is 0 Å². The molecule has 7 heteroatoms. The first-order valence-corrected chi connectivity index (χ1v) is 8.21. The number of hydrogen-bond acceptors (Lipinski definition) is 4. The normalized spacial score (nSPS) is 20.6. The quantitative estimate of drug-likeness (QED) is 0.676. The number of carbonyl (C=O) groups excluding carboxylic acids is 1. The van der Waals surface area contributed by atoms with Gasteiger partial charge in [0.25, 0.3) is 0 Å². The molecule has 3 N–H and O–H groups in total. The van der Waals surface area contributed by atoms with Gasteiger partial charge in [-0.1, -0.05) is 18.2 Å². The topological polar surface area (TPSA) is 76.0 Å². The first-order valence-electron chi connectivity index (χ1n) is 8.21. The molecule has 2 atom stereocenters. The monoisotopic (exact) mass is 339 g/mol. The summed E-state index contributed by atoms with van der Waals surface area (Å²) in [6, 6.07) is 6.11. The number of aliphatic hydroxyl groups is 2. The molecule has 2 rings (SSSR count). The highest BCUT2D eigenvalue weighted by Crippen LogP contribution is 2.24. The van der Waals surface area contributed by atoms with E-state index in [0.29, 0.717) is 31.7 Å². The number of likely N-dealkylation sites (N-methyl/N-ethyl adjacent to an activating group) is 1. The van der Waals surface area contributed by atoms with E-state index >= 15 is 0 Å². The van der Waals surface area contributed by atoms with Gasteiger partial charge in [-0.15, -0.1) is 0 Å². The van der Waals surface area contributed by atoms with Crippen molar-refractivity contribution in [3.63, 3.8) is 0 Å². The van der Waals surface area contributed by atoms with Crippen LogP contribution in [-0.4, -0.2) is 72.5 Å². The standard InChI is InChI=1S/C17H26FN3O3/c1-20(6-7-22)9-14-10-21(11-15(14)12-23)17(24)19-8-13-4-2-3-5-16(13)18/h2-5,14-15,22-23H,6-12H2,1H3,(H,19,24). The van der Waals surface area contributed by atoms with Crippen molar-refractivity contribution in [3.8, 4) is 0 Å². The fourth-order valence-electron chi connectivity index (χ4n) is 3.10. The van der Waals surface area contributed by atoms with E-state index in [4.69, 9.17) is 5.11 Å².